The largest absolute Gasteiger partial charge is 0.398 e. The van der Waals surface area contributed by atoms with Gasteiger partial charge >= 0.3 is 0 Å². The number of nitrogens with two attached hydrogens (primary N) is 1. The molecular weight excluding hydrogens is 218 g/mol. The molecular formula is C12H17N3O2. The number of hydrogen-bond acceptors (Lipinski definition) is 3. The van der Waals surface area contributed by atoms with Crippen LogP contribution in [0.4, 0.5) is 5.69 Å². The zero-order valence-corrected chi connectivity index (χ0v) is 10.1. The number of carbonyl (C=O) groups excluding carboxylic acids is 2. The van der Waals surface area contributed by atoms with Crippen LogP contribution in [-0.2, 0) is 4.79 Å². The average molecular weight is 235 g/mol. The second-order valence-corrected chi connectivity index (χ2v) is 3.88. The van der Waals surface area contributed by atoms with E-state index in [1.165, 1.54) is 4.90 Å². The standard InChI is InChI=1S/C12H17N3O2/c1-15(2)11(16)7-8-14-12(17)9-5-3-4-6-10(9)13/h3-6H,7-8,13H2,1-2H3,(H,14,17). The molecule has 5 nitrogen and oxygen atoms in total. The molecule has 0 aromatic heterocycles. The van der Waals surface area contributed by atoms with Crippen molar-refractivity contribution < 1.29 is 9.59 Å². The van der Waals surface area contributed by atoms with Gasteiger partial charge in [-0.2, -0.15) is 0 Å². The summed E-state index contributed by atoms with van der Waals surface area (Å²) in [5.74, 6) is -0.277. The lowest BCUT2D eigenvalue weighted by atomic mass is 10.1. The molecule has 0 bridgehead atoms. The quantitative estimate of drug-likeness (QED) is 0.745. The number of nitrogens with zero attached hydrogens (tertiary/aromatic N) is 1. The molecule has 0 atom stereocenters. The van der Waals surface area contributed by atoms with Crippen LogP contribution in [0.5, 0.6) is 0 Å². The average Bonchev–Trinajstić information content (AvgIpc) is 2.29. The molecule has 0 unspecified atom stereocenters. The number of para-hydroxylation sites is 1. The third-order valence-electron chi connectivity index (χ3n) is 2.33. The molecule has 1 aromatic carbocycles. The Balaban J connectivity index is 2.46. The molecule has 5 heteroatoms. The fourth-order valence-corrected chi connectivity index (χ4v) is 1.31. The van der Waals surface area contributed by atoms with Gasteiger partial charge in [0.1, 0.15) is 0 Å². The first-order chi connectivity index (χ1) is 8.02. The molecule has 0 saturated heterocycles. The van der Waals surface area contributed by atoms with Gasteiger partial charge in [0.15, 0.2) is 0 Å². The number of nitrogens with one attached hydrogen (secondary N) is 1. The summed E-state index contributed by atoms with van der Waals surface area (Å²) in [6.45, 7) is 0.310. The maximum absolute atomic E-state index is 11.7. The lowest BCUT2D eigenvalue weighted by Gasteiger charge is -2.11. The van der Waals surface area contributed by atoms with Gasteiger partial charge in [-0.15, -0.1) is 0 Å². The van der Waals surface area contributed by atoms with Crippen LogP contribution in [0.2, 0.25) is 0 Å². The van der Waals surface area contributed by atoms with Crippen molar-refractivity contribution in [3.63, 3.8) is 0 Å². The summed E-state index contributed by atoms with van der Waals surface area (Å²) in [6.07, 6.45) is 0.283. The van der Waals surface area contributed by atoms with E-state index in [1.54, 1.807) is 38.4 Å². The normalized spacial score (nSPS) is 9.76. The summed E-state index contributed by atoms with van der Waals surface area (Å²) in [5, 5.41) is 2.66. The second-order valence-electron chi connectivity index (χ2n) is 3.88. The van der Waals surface area contributed by atoms with Crippen molar-refractivity contribution in [1.29, 1.82) is 0 Å². The fourth-order valence-electron chi connectivity index (χ4n) is 1.31. The van der Waals surface area contributed by atoms with Crippen LogP contribution in [0.3, 0.4) is 0 Å². The van der Waals surface area contributed by atoms with E-state index >= 15 is 0 Å². The number of amides is 2. The molecule has 1 rings (SSSR count). The first-order valence-corrected chi connectivity index (χ1v) is 5.35. The highest BCUT2D eigenvalue weighted by atomic mass is 16.2. The predicted octanol–water partition coefficient (Wildman–Crippen LogP) is 0.477. The number of rotatable bonds is 4. The summed E-state index contributed by atoms with van der Waals surface area (Å²) < 4.78 is 0. The summed E-state index contributed by atoms with van der Waals surface area (Å²) in [4.78, 5) is 24.5. The molecule has 92 valence electrons. The van der Waals surface area contributed by atoms with Crippen molar-refractivity contribution in [3.05, 3.63) is 29.8 Å². The van der Waals surface area contributed by atoms with Crippen LogP contribution in [0.15, 0.2) is 24.3 Å². The third-order valence-corrected chi connectivity index (χ3v) is 2.33. The van der Waals surface area contributed by atoms with Gasteiger partial charge in [-0.3, -0.25) is 9.59 Å². The maximum Gasteiger partial charge on any atom is 0.253 e. The molecule has 0 heterocycles. The van der Waals surface area contributed by atoms with E-state index < -0.39 is 0 Å². The van der Waals surface area contributed by atoms with Crippen LogP contribution in [0.25, 0.3) is 0 Å². The molecule has 1 aromatic rings. The molecule has 0 aliphatic rings. The van der Waals surface area contributed by atoms with E-state index in [0.29, 0.717) is 17.8 Å². The van der Waals surface area contributed by atoms with Crippen molar-refractivity contribution in [2.24, 2.45) is 0 Å². The van der Waals surface area contributed by atoms with Crippen molar-refractivity contribution >= 4 is 17.5 Å². The number of benzene rings is 1. The van der Waals surface area contributed by atoms with Crippen molar-refractivity contribution in [1.82, 2.24) is 10.2 Å². The monoisotopic (exact) mass is 235 g/mol. The van der Waals surface area contributed by atoms with Gasteiger partial charge < -0.3 is 16.0 Å². The van der Waals surface area contributed by atoms with Crippen LogP contribution in [-0.4, -0.2) is 37.4 Å². The van der Waals surface area contributed by atoms with Gasteiger partial charge in [-0.25, -0.2) is 0 Å². The Hall–Kier alpha value is -2.04. The minimum Gasteiger partial charge on any atom is -0.398 e. The first kappa shape index (κ1) is 13.0. The SMILES string of the molecule is CN(C)C(=O)CCNC(=O)c1ccccc1N. The van der Waals surface area contributed by atoms with E-state index in [-0.39, 0.29) is 18.2 Å². The highest BCUT2D eigenvalue weighted by Crippen LogP contribution is 2.09. The van der Waals surface area contributed by atoms with Gasteiger partial charge in [0.25, 0.3) is 5.91 Å². The van der Waals surface area contributed by atoms with Gasteiger partial charge in [-0.1, -0.05) is 12.1 Å². The zero-order chi connectivity index (χ0) is 12.8. The molecule has 0 aliphatic carbocycles. The van der Waals surface area contributed by atoms with Crippen LogP contribution in [0.1, 0.15) is 16.8 Å². The van der Waals surface area contributed by atoms with Crippen LogP contribution < -0.4 is 11.1 Å². The van der Waals surface area contributed by atoms with Gasteiger partial charge in [-0.05, 0) is 12.1 Å². The summed E-state index contributed by atoms with van der Waals surface area (Å²) >= 11 is 0. The van der Waals surface area contributed by atoms with Crippen LogP contribution >= 0.6 is 0 Å². The summed E-state index contributed by atoms with van der Waals surface area (Å²) in [7, 11) is 3.36. The molecule has 0 aliphatic heterocycles. The number of anilines is 1. The second kappa shape index (κ2) is 5.89. The topological polar surface area (TPSA) is 75.4 Å². The van der Waals surface area contributed by atoms with Crippen molar-refractivity contribution in [3.8, 4) is 0 Å². The molecule has 0 fully saturated rings. The number of hydrogen-bond donors (Lipinski definition) is 2. The number of nitrogen functional groups attached to an aromatic ring is 1. The number of carbonyl (C=O) groups is 2. The smallest absolute Gasteiger partial charge is 0.253 e. The van der Waals surface area contributed by atoms with E-state index in [0.717, 1.165) is 0 Å². The van der Waals surface area contributed by atoms with Gasteiger partial charge in [0.2, 0.25) is 5.91 Å². The molecule has 0 spiro atoms. The Morgan fingerprint density at radius 2 is 1.94 bits per heavy atom. The van der Waals surface area contributed by atoms with Crippen molar-refractivity contribution in [2.75, 3.05) is 26.4 Å². The first-order valence-electron chi connectivity index (χ1n) is 5.35. The molecule has 0 radical (unpaired) electrons. The Morgan fingerprint density at radius 3 is 2.53 bits per heavy atom. The lowest BCUT2D eigenvalue weighted by molar-refractivity contribution is -0.128. The van der Waals surface area contributed by atoms with Gasteiger partial charge in [0, 0.05) is 32.7 Å². The van der Waals surface area contributed by atoms with E-state index in [4.69, 9.17) is 5.73 Å². The zero-order valence-electron chi connectivity index (χ0n) is 10.1. The third kappa shape index (κ3) is 3.79. The van der Waals surface area contributed by atoms with Crippen molar-refractivity contribution in [2.45, 2.75) is 6.42 Å². The minimum absolute atomic E-state index is 0.0219. The Bertz CT molecular complexity index is 416. The Kier molecular flexibility index (Phi) is 4.51. The maximum atomic E-state index is 11.7. The van der Waals surface area contributed by atoms with E-state index in [2.05, 4.69) is 5.32 Å². The highest BCUT2D eigenvalue weighted by Gasteiger charge is 2.09. The molecule has 17 heavy (non-hydrogen) atoms. The van der Waals surface area contributed by atoms with Crippen LogP contribution in [0, 0.1) is 0 Å². The summed E-state index contributed by atoms with van der Waals surface area (Å²) in [6, 6.07) is 6.83. The summed E-state index contributed by atoms with van der Waals surface area (Å²) in [5.41, 5.74) is 6.53. The van der Waals surface area contributed by atoms with E-state index in [9.17, 15) is 9.59 Å². The van der Waals surface area contributed by atoms with E-state index in [1.807, 2.05) is 0 Å². The minimum atomic E-state index is -0.255. The Morgan fingerprint density at radius 1 is 1.29 bits per heavy atom. The molecule has 3 N–H and O–H groups in total. The predicted molar refractivity (Wildman–Crippen MR) is 66.5 cm³/mol. The lowest BCUT2D eigenvalue weighted by Crippen LogP contribution is -2.30. The highest BCUT2D eigenvalue weighted by molar-refractivity contribution is 5.99. The molecule has 2 amide bonds. The fraction of sp³-hybridized carbons (Fsp3) is 0.333. The Labute approximate surface area is 101 Å². The molecule has 0 saturated carbocycles. The van der Waals surface area contributed by atoms with Gasteiger partial charge in [0.05, 0.1) is 5.56 Å².